The van der Waals surface area contributed by atoms with Crippen molar-refractivity contribution in [1.29, 1.82) is 0 Å². The number of nitrogen functional groups attached to an aromatic ring is 1. The van der Waals surface area contributed by atoms with Gasteiger partial charge >= 0.3 is 0 Å². The standard InChI is InChI=1S/C12H20N2O4.C10H8O6S2/c13-9-1-3-10(4-2-9)14(5-11(17)7-15)6-12(18)8-16;11-17(12,13)9-5-1-3-7-8(9)4-2-6-10(7)18(14,15)16/h1-4,11-12,15-18H,5-8,13H2;1-6H,(H,11,12,13)(H,14,15,16). The molecule has 0 spiro atoms. The molecule has 0 radical (unpaired) electrons. The summed E-state index contributed by atoms with van der Waals surface area (Å²) >= 11 is 0. The highest BCUT2D eigenvalue weighted by atomic mass is 32.2. The number of hydrogen-bond donors (Lipinski definition) is 7. The van der Waals surface area contributed by atoms with Crippen LogP contribution in [0.2, 0.25) is 0 Å². The van der Waals surface area contributed by atoms with Gasteiger partial charge in [-0.2, -0.15) is 16.8 Å². The van der Waals surface area contributed by atoms with E-state index in [4.69, 9.17) is 25.1 Å². The van der Waals surface area contributed by atoms with Crippen molar-refractivity contribution in [2.45, 2.75) is 22.0 Å². The van der Waals surface area contributed by atoms with Crippen LogP contribution in [0.25, 0.3) is 10.8 Å². The van der Waals surface area contributed by atoms with Crippen LogP contribution in [-0.4, -0.2) is 84.9 Å². The second-order valence-electron chi connectivity index (χ2n) is 7.73. The van der Waals surface area contributed by atoms with Crippen LogP contribution in [0.4, 0.5) is 11.4 Å². The van der Waals surface area contributed by atoms with Crippen LogP contribution in [0, 0.1) is 0 Å². The van der Waals surface area contributed by atoms with Crippen molar-refractivity contribution in [1.82, 2.24) is 0 Å². The lowest BCUT2D eigenvalue weighted by Crippen LogP contribution is -2.40. The predicted molar refractivity (Wildman–Crippen MR) is 133 cm³/mol. The molecule has 0 aliphatic rings. The smallest absolute Gasteiger partial charge is 0.295 e. The Morgan fingerprint density at radius 1 is 0.694 bits per heavy atom. The molecule has 14 heteroatoms. The molecular formula is C22H28N2O10S2. The lowest BCUT2D eigenvalue weighted by Gasteiger charge is -2.28. The van der Waals surface area contributed by atoms with E-state index in [1.807, 2.05) is 0 Å². The van der Waals surface area contributed by atoms with Gasteiger partial charge in [-0.05, 0) is 36.4 Å². The summed E-state index contributed by atoms with van der Waals surface area (Å²) in [6.07, 6.45) is -1.82. The summed E-state index contributed by atoms with van der Waals surface area (Å²) < 4.78 is 62.7. The Morgan fingerprint density at radius 3 is 1.42 bits per heavy atom. The van der Waals surface area contributed by atoms with Gasteiger partial charge in [0.25, 0.3) is 20.2 Å². The Labute approximate surface area is 208 Å². The third-order valence-corrected chi connectivity index (χ3v) is 6.76. The minimum atomic E-state index is -4.47. The summed E-state index contributed by atoms with van der Waals surface area (Å²) in [5.74, 6) is 0. The highest BCUT2D eigenvalue weighted by Gasteiger charge is 2.19. The number of nitrogens with two attached hydrogens (primary N) is 1. The normalized spacial score (nSPS) is 13.5. The van der Waals surface area contributed by atoms with E-state index < -0.39 is 42.2 Å². The molecule has 8 N–H and O–H groups in total. The molecule has 0 fully saturated rings. The SMILES string of the molecule is Nc1ccc(N(CC(O)CO)CC(O)CO)cc1.O=S(=O)(O)c1cccc2c(S(=O)(=O)O)cccc12. The summed E-state index contributed by atoms with van der Waals surface area (Å²) in [4.78, 5) is 0.859. The lowest BCUT2D eigenvalue weighted by atomic mass is 10.1. The van der Waals surface area contributed by atoms with E-state index in [1.165, 1.54) is 24.3 Å². The zero-order chi connectivity index (χ0) is 27.1. The van der Waals surface area contributed by atoms with E-state index in [-0.39, 0.29) is 37.1 Å². The van der Waals surface area contributed by atoms with Gasteiger partial charge in [0.2, 0.25) is 0 Å². The molecule has 3 aromatic carbocycles. The fourth-order valence-electron chi connectivity index (χ4n) is 3.30. The van der Waals surface area contributed by atoms with Crippen molar-refractivity contribution in [2.75, 3.05) is 36.9 Å². The molecule has 3 rings (SSSR count). The molecule has 36 heavy (non-hydrogen) atoms. The maximum atomic E-state index is 11.2. The predicted octanol–water partition coefficient (Wildman–Crippen LogP) is 0.115. The zero-order valence-corrected chi connectivity index (χ0v) is 20.5. The average Bonchev–Trinajstić information content (AvgIpc) is 2.82. The molecule has 3 aromatic rings. The van der Waals surface area contributed by atoms with Gasteiger partial charge < -0.3 is 31.1 Å². The van der Waals surface area contributed by atoms with Crippen LogP contribution in [0.5, 0.6) is 0 Å². The number of rotatable bonds is 9. The van der Waals surface area contributed by atoms with Crippen LogP contribution < -0.4 is 10.6 Å². The van der Waals surface area contributed by atoms with Gasteiger partial charge in [-0.25, -0.2) is 0 Å². The fourth-order valence-corrected chi connectivity index (χ4v) is 4.71. The molecule has 0 heterocycles. The van der Waals surface area contributed by atoms with Crippen LogP contribution in [0.3, 0.4) is 0 Å². The van der Waals surface area contributed by atoms with E-state index in [9.17, 15) is 27.0 Å². The average molecular weight is 545 g/mol. The van der Waals surface area contributed by atoms with Crippen molar-refractivity contribution in [3.63, 3.8) is 0 Å². The Bertz CT molecular complexity index is 1280. The monoisotopic (exact) mass is 544 g/mol. The number of fused-ring (bicyclic) bond motifs is 1. The molecule has 0 saturated carbocycles. The van der Waals surface area contributed by atoms with Crippen LogP contribution in [-0.2, 0) is 20.2 Å². The highest BCUT2D eigenvalue weighted by molar-refractivity contribution is 7.86. The molecule has 12 nitrogen and oxygen atoms in total. The maximum Gasteiger partial charge on any atom is 0.295 e. The van der Waals surface area contributed by atoms with Crippen molar-refractivity contribution >= 4 is 42.4 Å². The van der Waals surface area contributed by atoms with E-state index in [1.54, 1.807) is 29.2 Å². The van der Waals surface area contributed by atoms with Gasteiger partial charge in [0.1, 0.15) is 9.79 Å². The Hall–Kier alpha value is -2.82. The topological polar surface area (TPSA) is 219 Å². The van der Waals surface area contributed by atoms with Crippen molar-refractivity contribution < 1.29 is 46.4 Å². The molecular weight excluding hydrogens is 516 g/mol. The Kier molecular flexibility index (Phi) is 10.2. The first-order valence-electron chi connectivity index (χ1n) is 10.4. The van der Waals surface area contributed by atoms with Gasteiger partial charge in [0, 0.05) is 35.2 Å². The molecule has 198 valence electrons. The van der Waals surface area contributed by atoms with Crippen LogP contribution >= 0.6 is 0 Å². The van der Waals surface area contributed by atoms with Crippen molar-refractivity contribution in [3.8, 4) is 0 Å². The number of hydrogen-bond acceptors (Lipinski definition) is 10. The van der Waals surface area contributed by atoms with E-state index in [2.05, 4.69) is 0 Å². The van der Waals surface area contributed by atoms with Crippen molar-refractivity contribution in [3.05, 3.63) is 60.7 Å². The number of nitrogens with zero attached hydrogens (tertiary/aromatic N) is 1. The third-order valence-electron chi connectivity index (χ3n) is 4.94. The van der Waals surface area contributed by atoms with Gasteiger partial charge in [0.15, 0.2) is 0 Å². The summed E-state index contributed by atoms with van der Waals surface area (Å²) in [6, 6.07) is 14.4. The van der Waals surface area contributed by atoms with Crippen LogP contribution in [0.15, 0.2) is 70.5 Å². The molecule has 0 aliphatic heterocycles. The van der Waals surface area contributed by atoms with E-state index >= 15 is 0 Å². The first kappa shape index (κ1) is 29.4. The molecule has 0 amide bonds. The van der Waals surface area contributed by atoms with Gasteiger partial charge in [-0.15, -0.1) is 0 Å². The lowest BCUT2D eigenvalue weighted by molar-refractivity contribution is 0.0839. The Morgan fingerprint density at radius 2 is 1.08 bits per heavy atom. The van der Waals surface area contributed by atoms with E-state index in [0.29, 0.717) is 5.69 Å². The minimum absolute atomic E-state index is 0.0233. The summed E-state index contributed by atoms with van der Waals surface area (Å²) in [7, 11) is -8.94. The number of anilines is 2. The summed E-state index contributed by atoms with van der Waals surface area (Å²) in [5.41, 5.74) is 6.95. The highest BCUT2D eigenvalue weighted by Crippen LogP contribution is 2.28. The first-order valence-corrected chi connectivity index (χ1v) is 13.3. The van der Waals surface area contributed by atoms with Gasteiger partial charge in [0.05, 0.1) is 25.4 Å². The first-order chi connectivity index (χ1) is 16.8. The van der Waals surface area contributed by atoms with Crippen molar-refractivity contribution in [2.24, 2.45) is 0 Å². The molecule has 0 aliphatic carbocycles. The number of aliphatic hydroxyl groups excluding tert-OH is 4. The summed E-state index contributed by atoms with van der Waals surface area (Å²) in [6.45, 7) is -0.393. The van der Waals surface area contributed by atoms with E-state index in [0.717, 1.165) is 17.8 Å². The van der Waals surface area contributed by atoms with Crippen LogP contribution in [0.1, 0.15) is 0 Å². The zero-order valence-electron chi connectivity index (χ0n) is 18.9. The molecule has 2 unspecified atom stereocenters. The summed E-state index contributed by atoms with van der Waals surface area (Å²) in [5, 5.41) is 36.7. The molecule has 2 atom stereocenters. The second kappa shape index (κ2) is 12.4. The second-order valence-corrected chi connectivity index (χ2v) is 10.5. The third kappa shape index (κ3) is 8.11. The fraction of sp³-hybridized carbons (Fsp3) is 0.273. The number of benzene rings is 3. The Balaban J connectivity index is 0.000000254. The molecule has 0 bridgehead atoms. The minimum Gasteiger partial charge on any atom is -0.399 e. The van der Waals surface area contributed by atoms with Gasteiger partial charge in [-0.3, -0.25) is 9.11 Å². The molecule has 0 aromatic heterocycles. The maximum absolute atomic E-state index is 11.2. The quantitative estimate of drug-likeness (QED) is 0.141. The largest absolute Gasteiger partial charge is 0.399 e. The molecule has 0 saturated heterocycles. The number of aliphatic hydroxyl groups is 4. The van der Waals surface area contributed by atoms with Gasteiger partial charge in [-0.1, -0.05) is 24.3 Å².